The lowest BCUT2D eigenvalue weighted by molar-refractivity contribution is 0.203. The number of fused-ring (bicyclic) bond motifs is 1. The molecule has 23 heavy (non-hydrogen) atoms. The fraction of sp³-hybridized carbons (Fsp3) is 0.412. The van der Waals surface area contributed by atoms with Crippen LogP contribution in [-0.4, -0.2) is 39.2 Å². The molecule has 2 N–H and O–H groups in total. The lowest BCUT2D eigenvalue weighted by Crippen LogP contribution is -2.39. The minimum absolute atomic E-state index is 0.0132. The zero-order chi connectivity index (χ0) is 16.2. The van der Waals surface area contributed by atoms with Crippen molar-refractivity contribution in [1.29, 1.82) is 0 Å². The van der Waals surface area contributed by atoms with E-state index < -0.39 is 0 Å². The molecule has 0 saturated carbocycles. The van der Waals surface area contributed by atoms with E-state index in [0.29, 0.717) is 12.3 Å². The second-order valence-electron chi connectivity index (χ2n) is 5.96. The lowest BCUT2D eigenvalue weighted by atomic mass is 10.1. The summed E-state index contributed by atoms with van der Waals surface area (Å²) in [7, 11) is 1.81. The van der Waals surface area contributed by atoms with Crippen molar-refractivity contribution in [3.63, 3.8) is 0 Å². The first-order valence-corrected chi connectivity index (χ1v) is 7.93. The molecule has 0 bridgehead atoms. The average Bonchev–Trinajstić information content (AvgIpc) is 3.18. The van der Waals surface area contributed by atoms with Gasteiger partial charge in [-0.3, -0.25) is 0 Å². The van der Waals surface area contributed by atoms with Gasteiger partial charge in [0.1, 0.15) is 5.75 Å². The molecule has 6 heteroatoms. The highest BCUT2D eigenvalue weighted by atomic mass is 16.3. The SMILES string of the molecule is CN(CCCn1ccnc1)C(=O)N[C@@H]1CCc2c(O)cccc21. The quantitative estimate of drug-likeness (QED) is 0.889. The molecular formula is C17H22N4O2. The van der Waals surface area contributed by atoms with E-state index in [2.05, 4.69) is 10.3 Å². The molecule has 0 spiro atoms. The summed E-state index contributed by atoms with van der Waals surface area (Å²) in [5.74, 6) is 0.327. The molecule has 2 aromatic rings. The van der Waals surface area contributed by atoms with Gasteiger partial charge in [0.05, 0.1) is 12.4 Å². The van der Waals surface area contributed by atoms with E-state index >= 15 is 0 Å². The minimum Gasteiger partial charge on any atom is -0.508 e. The number of phenols is 1. The second kappa shape index (κ2) is 6.73. The molecule has 1 atom stereocenters. The fourth-order valence-electron chi connectivity index (χ4n) is 3.06. The fourth-order valence-corrected chi connectivity index (χ4v) is 3.06. The number of aryl methyl sites for hydroxylation is 1. The van der Waals surface area contributed by atoms with Crippen molar-refractivity contribution < 1.29 is 9.90 Å². The van der Waals surface area contributed by atoms with Crippen LogP contribution in [0.4, 0.5) is 4.79 Å². The monoisotopic (exact) mass is 314 g/mol. The molecule has 1 heterocycles. The van der Waals surface area contributed by atoms with Crippen LogP contribution in [0.1, 0.15) is 30.0 Å². The smallest absolute Gasteiger partial charge is 0.317 e. The maximum absolute atomic E-state index is 12.3. The van der Waals surface area contributed by atoms with Crippen LogP contribution < -0.4 is 5.32 Å². The number of rotatable bonds is 5. The molecule has 0 unspecified atom stereocenters. The first-order valence-electron chi connectivity index (χ1n) is 7.93. The highest BCUT2D eigenvalue weighted by Gasteiger charge is 2.26. The number of nitrogens with zero attached hydrogens (tertiary/aromatic N) is 3. The largest absolute Gasteiger partial charge is 0.508 e. The number of phenolic OH excluding ortho intramolecular Hbond substituents is 1. The molecule has 1 aromatic heterocycles. The first kappa shape index (κ1) is 15.4. The summed E-state index contributed by atoms with van der Waals surface area (Å²) in [6, 6.07) is 5.42. The van der Waals surface area contributed by atoms with Crippen molar-refractivity contribution in [3.8, 4) is 5.75 Å². The van der Waals surface area contributed by atoms with Crippen molar-refractivity contribution in [1.82, 2.24) is 19.8 Å². The van der Waals surface area contributed by atoms with Crippen molar-refractivity contribution in [2.45, 2.75) is 31.8 Å². The molecular weight excluding hydrogens is 292 g/mol. The molecule has 6 nitrogen and oxygen atoms in total. The van der Waals surface area contributed by atoms with Crippen LogP contribution in [0.15, 0.2) is 36.9 Å². The van der Waals surface area contributed by atoms with Gasteiger partial charge in [0.2, 0.25) is 0 Å². The summed E-state index contributed by atoms with van der Waals surface area (Å²) in [5.41, 5.74) is 1.99. The topological polar surface area (TPSA) is 70.4 Å². The van der Waals surface area contributed by atoms with E-state index in [-0.39, 0.29) is 12.1 Å². The van der Waals surface area contributed by atoms with Crippen molar-refractivity contribution in [2.24, 2.45) is 0 Å². The van der Waals surface area contributed by atoms with Crippen molar-refractivity contribution >= 4 is 6.03 Å². The highest BCUT2D eigenvalue weighted by Crippen LogP contribution is 2.36. The Morgan fingerprint density at radius 2 is 2.39 bits per heavy atom. The minimum atomic E-state index is -0.0724. The van der Waals surface area contributed by atoms with Gasteiger partial charge in [-0.05, 0) is 36.5 Å². The Bertz CT molecular complexity index is 669. The molecule has 0 saturated heterocycles. The highest BCUT2D eigenvalue weighted by molar-refractivity contribution is 5.74. The number of carbonyl (C=O) groups excluding carboxylic acids is 1. The normalized spacial score (nSPS) is 16.1. The van der Waals surface area contributed by atoms with Gasteiger partial charge in [-0.25, -0.2) is 9.78 Å². The van der Waals surface area contributed by atoms with Gasteiger partial charge in [0.15, 0.2) is 0 Å². The number of benzene rings is 1. The predicted molar refractivity (Wildman–Crippen MR) is 87.2 cm³/mol. The van der Waals surface area contributed by atoms with Crippen molar-refractivity contribution in [3.05, 3.63) is 48.0 Å². The number of amides is 2. The van der Waals surface area contributed by atoms with E-state index in [1.807, 2.05) is 29.9 Å². The number of nitrogens with one attached hydrogen (secondary N) is 1. The maximum atomic E-state index is 12.3. The van der Waals surface area contributed by atoms with Crippen LogP contribution in [0.2, 0.25) is 0 Å². The summed E-state index contributed by atoms with van der Waals surface area (Å²) < 4.78 is 2.00. The van der Waals surface area contributed by atoms with E-state index in [9.17, 15) is 9.90 Å². The van der Waals surface area contributed by atoms with E-state index in [0.717, 1.165) is 36.9 Å². The number of hydrogen-bond donors (Lipinski definition) is 2. The molecule has 3 rings (SSSR count). The Hall–Kier alpha value is -2.50. The Balaban J connectivity index is 1.50. The summed E-state index contributed by atoms with van der Waals surface area (Å²) in [6.45, 7) is 1.53. The van der Waals surface area contributed by atoms with E-state index in [4.69, 9.17) is 0 Å². The summed E-state index contributed by atoms with van der Waals surface area (Å²) >= 11 is 0. The number of aromatic hydroxyl groups is 1. The second-order valence-corrected chi connectivity index (χ2v) is 5.96. The maximum Gasteiger partial charge on any atom is 0.317 e. The Kier molecular flexibility index (Phi) is 4.50. The molecule has 122 valence electrons. The molecule has 1 aromatic carbocycles. The lowest BCUT2D eigenvalue weighted by Gasteiger charge is -2.21. The molecule has 0 aliphatic heterocycles. The Morgan fingerprint density at radius 1 is 1.52 bits per heavy atom. The van der Waals surface area contributed by atoms with Crippen LogP contribution in [0, 0.1) is 0 Å². The third-order valence-electron chi connectivity index (χ3n) is 4.36. The number of hydrogen-bond acceptors (Lipinski definition) is 3. The Morgan fingerprint density at radius 3 is 3.17 bits per heavy atom. The van der Waals surface area contributed by atoms with Gasteiger partial charge in [0.25, 0.3) is 0 Å². The van der Waals surface area contributed by atoms with Crippen LogP contribution in [-0.2, 0) is 13.0 Å². The van der Waals surface area contributed by atoms with Gasteiger partial charge in [0, 0.05) is 32.5 Å². The summed E-state index contributed by atoms with van der Waals surface area (Å²) in [5, 5.41) is 12.9. The summed E-state index contributed by atoms with van der Waals surface area (Å²) in [4.78, 5) is 18.0. The van der Waals surface area contributed by atoms with Crippen LogP contribution >= 0.6 is 0 Å². The zero-order valence-corrected chi connectivity index (χ0v) is 13.3. The van der Waals surface area contributed by atoms with Gasteiger partial charge < -0.3 is 19.9 Å². The van der Waals surface area contributed by atoms with E-state index in [1.165, 1.54) is 0 Å². The number of urea groups is 1. The number of aromatic nitrogens is 2. The molecule has 1 aliphatic rings. The predicted octanol–water partition coefficient (Wildman–Crippen LogP) is 2.31. The van der Waals surface area contributed by atoms with Crippen molar-refractivity contribution in [2.75, 3.05) is 13.6 Å². The average molecular weight is 314 g/mol. The molecule has 0 fully saturated rings. The van der Waals surface area contributed by atoms with Gasteiger partial charge in [-0.1, -0.05) is 12.1 Å². The Labute approximate surface area is 135 Å². The third kappa shape index (κ3) is 3.47. The van der Waals surface area contributed by atoms with Crippen LogP contribution in [0.25, 0.3) is 0 Å². The van der Waals surface area contributed by atoms with Gasteiger partial charge in [-0.2, -0.15) is 0 Å². The third-order valence-corrected chi connectivity index (χ3v) is 4.36. The summed E-state index contributed by atoms with van der Waals surface area (Å²) in [6.07, 6.45) is 7.97. The van der Waals surface area contributed by atoms with Gasteiger partial charge in [-0.15, -0.1) is 0 Å². The standard InChI is InChI=1S/C17H22N4O2/c1-20(9-3-10-21-11-8-18-12-21)17(23)19-15-7-6-14-13(15)4-2-5-16(14)22/h2,4-5,8,11-12,15,22H,3,6-7,9-10H2,1H3,(H,19,23)/t15-/m1/s1. The van der Waals surface area contributed by atoms with Crippen LogP contribution in [0.3, 0.4) is 0 Å². The van der Waals surface area contributed by atoms with Gasteiger partial charge >= 0.3 is 6.03 Å². The number of imidazole rings is 1. The molecule has 2 amide bonds. The number of carbonyl (C=O) groups is 1. The zero-order valence-electron chi connectivity index (χ0n) is 13.3. The van der Waals surface area contributed by atoms with Crippen LogP contribution in [0.5, 0.6) is 5.75 Å². The molecule has 0 radical (unpaired) electrons. The van der Waals surface area contributed by atoms with E-state index in [1.54, 1.807) is 23.5 Å². The first-order chi connectivity index (χ1) is 11.1. The molecule has 1 aliphatic carbocycles.